The normalized spacial score (nSPS) is 9.95. The number of amides is 2. The molecule has 0 aliphatic heterocycles. The highest BCUT2D eigenvalue weighted by atomic mass is 16.2. The van der Waals surface area contributed by atoms with Crippen molar-refractivity contribution in [1.29, 1.82) is 0 Å². The van der Waals surface area contributed by atoms with Crippen LogP contribution in [-0.4, -0.2) is 18.4 Å². The van der Waals surface area contributed by atoms with E-state index in [4.69, 9.17) is 5.73 Å². The van der Waals surface area contributed by atoms with Crippen LogP contribution in [0.25, 0.3) is 0 Å². The van der Waals surface area contributed by atoms with Gasteiger partial charge in [-0.3, -0.25) is 9.59 Å². The minimum Gasteiger partial charge on any atom is -0.376 e. The van der Waals surface area contributed by atoms with Crippen molar-refractivity contribution < 1.29 is 9.59 Å². The number of carbonyl (C=O) groups excluding carboxylic acids is 2. The predicted octanol–water partition coefficient (Wildman–Crippen LogP) is 2.14. The predicted molar refractivity (Wildman–Crippen MR) is 83.3 cm³/mol. The first-order chi connectivity index (χ1) is 10.0. The van der Waals surface area contributed by atoms with Gasteiger partial charge < -0.3 is 16.4 Å². The van der Waals surface area contributed by atoms with Gasteiger partial charge in [-0.1, -0.05) is 12.1 Å². The van der Waals surface area contributed by atoms with Crippen molar-refractivity contribution in [3.8, 4) is 0 Å². The first-order valence-corrected chi connectivity index (χ1v) is 6.55. The van der Waals surface area contributed by atoms with Crippen LogP contribution < -0.4 is 16.4 Å². The quantitative estimate of drug-likeness (QED) is 0.786. The lowest BCUT2D eigenvalue weighted by Crippen LogP contribution is -2.21. The molecule has 2 amide bonds. The highest BCUT2D eigenvalue weighted by Gasteiger charge is 2.03. The number of nitrogens with two attached hydrogens (primary N) is 1. The number of aryl methyl sites for hydroxylation is 1. The molecule has 0 unspecified atom stereocenters. The lowest BCUT2D eigenvalue weighted by atomic mass is 10.2. The molecule has 4 N–H and O–H groups in total. The van der Waals surface area contributed by atoms with Crippen molar-refractivity contribution in [2.24, 2.45) is 5.73 Å². The molecule has 0 spiro atoms. The van der Waals surface area contributed by atoms with Crippen LogP contribution in [0.15, 0.2) is 48.5 Å². The number of hydrogen-bond donors (Lipinski definition) is 3. The monoisotopic (exact) mass is 283 g/mol. The molecule has 2 aromatic carbocycles. The lowest BCUT2D eigenvalue weighted by molar-refractivity contribution is -0.114. The molecule has 0 aliphatic rings. The fourth-order valence-electron chi connectivity index (χ4n) is 1.86. The van der Waals surface area contributed by atoms with E-state index >= 15 is 0 Å². The Morgan fingerprint density at radius 3 is 2.38 bits per heavy atom. The van der Waals surface area contributed by atoms with Gasteiger partial charge in [-0.2, -0.15) is 0 Å². The SMILES string of the molecule is Cc1cccc(NC(=O)CNc2ccc(C(N)=O)cc2)c1. The Balaban J connectivity index is 1.87. The van der Waals surface area contributed by atoms with Gasteiger partial charge in [-0.15, -0.1) is 0 Å². The van der Waals surface area contributed by atoms with E-state index in [0.717, 1.165) is 16.9 Å². The van der Waals surface area contributed by atoms with Crippen LogP contribution in [-0.2, 0) is 4.79 Å². The summed E-state index contributed by atoms with van der Waals surface area (Å²) >= 11 is 0. The summed E-state index contributed by atoms with van der Waals surface area (Å²) in [5, 5.41) is 5.79. The van der Waals surface area contributed by atoms with Gasteiger partial charge in [0.1, 0.15) is 0 Å². The average Bonchev–Trinajstić information content (AvgIpc) is 2.45. The number of primary amides is 1. The van der Waals surface area contributed by atoms with Gasteiger partial charge in [0.05, 0.1) is 6.54 Å². The van der Waals surface area contributed by atoms with E-state index in [1.54, 1.807) is 24.3 Å². The Morgan fingerprint density at radius 2 is 1.76 bits per heavy atom. The maximum absolute atomic E-state index is 11.8. The van der Waals surface area contributed by atoms with E-state index in [1.807, 2.05) is 31.2 Å². The highest BCUT2D eigenvalue weighted by molar-refractivity contribution is 5.94. The number of nitrogens with one attached hydrogen (secondary N) is 2. The number of hydrogen-bond acceptors (Lipinski definition) is 3. The third-order valence-corrected chi connectivity index (χ3v) is 2.92. The second kappa shape index (κ2) is 6.56. The van der Waals surface area contributed by atoms with Crippen LogP contribution >= 0.6 is 0 Å². The number of benzene rings is 2. The molecular weight excluding hydrogens is 266 g/mol. The second-order valence-corrected chi connectivity index (χ2v) is 4.71. The van der Waals surface area contributed by atoms with Crippen LogP contribution in [0.1, 0.15) is 15.9 Å². The lowest BCUT2D eigenvalue weighted by Gasteiger charge is -2.08. The molecule has 2 aromatic rings. The van der Waals surface area contributed by atoms with E-state index in [2.05, 4.69) is 10.6 Å². The first-order valence-electron chi connectivity index (χ1n) is 6.55. The molecule has 0 saturated heterocycles. The zero-order valence-corrected chi connectivity index (χ0v) is 11.7. The average molecular weight is 283 g/mol. The smallest absolute Gasteiger partial charge is 0.248 e. The molecule has 5 heteroatoms. The molecule has 21 heavy (non-hydrogen) atoms. The van der Waals surface area contributed by atoms with E-state index < -0.39 is 5.91 Å². The summed E-state index contributed by atoms with van der Waals surface area (Å²) < 4.78 is 0. The summed E-state index contributed by atoms with van der Waals surface area (Å²) in [4.78, 5) is 22.8. The van der Waals surface area contributed by atoms with Crippen molar-refractivity contribution in [3.05, 3.63) is 59.7 Å². The Bertz CT molecular complexity index is 651. The molecule has 0 radical (unpaired) electrons. The van der Waals surface area contributed by atoms with Crippen molar-refractivity contribution in [1.82, 2.24) is 0 Å². The fourth-order valence-corrected chi connectivity index (χ4v) is 1.86. The van der Waals surface area contributed by atoms with Crippen molar-refractivity contribution in [2.45, 2.75) is 6.92 Å². The molecule has 0 aliphatic carbocycles. The zero-order valence-electron chi connectivity index (χ0n) is 11.7. The summed E-state index contributed by atoms with van der Waals surface area (Å²) in [6.07, 6.45) is 0. The largest absolute Gasteiger partial charge is 0.376 e. The molecule has 0 bridgehead atoms. The fraction of sp³-hybridized carbons (Fsp3) is 0.125. The standard InChI is InChI=1S/C16H17N3O2/c1-11-3-2-4-14(9-11)19-15(20)10-18-13-7-5-12(6-8-13)16(17)21/h2-9,18H,10H2,1H3,(H2,17,21)(H,19,20). The van der Waals surface area contributed by atoms with E-state index in [1.165, 1.54) is 0 Å². The summed E-state index contributed by atoms with van der Waals surface area (Å²) in [5.41, 5.74) is 8.20. The Labute approximate surface area is 123 Å². The van der Waals surface area contributed by atoms with Crippen molar-refractivity contribution in [3.63, 3.8) is 0 Å². The van der Waals surface area contributed by atoms with Gasteiger partial charge in [-0.25, -0.2) is 0 Å². The zero-order chi connectivity index (χ0) is 15.2. The first kappa shape index (κ1) is 14.6. The third kappa shape index (κ3) is 4.35. The minimum absolute atomic E-state index is 0.139. The van der Waals surface area contributed by atoms with Crippen LogP contribution in [0.2, 0.25) is 0 Å². The van der Waals surface area contributed by atoms with E-state index in [9.17, 15) is 9.59 Å². The molecule has 0 heterocycles. The minimum atomic E-state index is -0.473. The van der Waals surface area contributed by atoms with Gasteiger partial charge in [-0.05, 0) is 48.9 Å². The summed E-state index contributed by atoms with van der Waals surface area (Å²) in [6, 6.07) is 14.2. The number of anilines is 2. The van der Waals surface area contributed by atoms with Crippen molar-refractivity contribution >= 4 is 23.2 Å². The Hall–Kier alpha value is -2.82. The van der Waals surface area contributed by atoms with E-state index in [0.29, 0.717) is 5.56 Å². The van der Waals surface area contributed by atoms with Crippen molar-refractivity contribution in [2.75, 3.05) is 17.2 Å². The molecule has 0 fully saturated rings. The van der Waals surface area contributed by atoms with Crippen LogP contribution in [0.3, 0.4) is 0 Å². The molecular formula is C16H17N3O2. The van der Waals surface area contributed by atoms with Crippen LogP contribution in [0.4, 0.5) is 11.4 Å². The molecule has 2 rings (SSSR count). The topological polar surface area (TPSA) is 84.2 Å². The molecule has 108 valence electrons. The molecule has 0 aromatic heterocycles. The van der Waals surface area contributed by atoms with Gasteiger partial charge in [0, 0.05) is 16.9 Å². The maximum atomic E-state index is 11.8. The van der Waals surface area contributed by atoms with Gasteiger partial charge >= 0.3 is 0 Å². The van der Waals surface area contributed by atoms with Crippen LogP contribution in [0.5, 0.6) is 0 Å². The highest BCUT2D eigenvalue weighted by Crippen LogP contribution is 2.11. The summed E-state index contributed by atoms with van der Waals surface area (Å²) in [5.74, 6) is -0.613. The summed E-state index contributed by atoms with van der Waals surface area (Å²) in [6.45, 7) is 2.11. The third-order valence-electron chi connectivity index (χ3n) is 2.92. The van der Waals surface area contributed by atoms with Gasteiger partial charge in [0.2, 0.25) is 11.8 Å². The van der Waals surface area contributed by atoms with Gasteiger partial charge in [0.15, 0.2) is 0 Å². The summed E-state index contributed by atoms with van der Waals surface area (Å²) in [7, 11) is 0. The second-order valence-electron chi connectivity index (χ2n) is 4.71. The Morgan fingerprint density at radius 1 is 1.05 bits per heavy atom. The Kier molecular flexibility index (Phi) is 4.56. The maximum Gasteiger partial charge on any atom is 0.248 e. The number of rotatable bonds is 5. The molecule has 5 nitrogen and oxygen atoms in total. The number of carbonyl (C=O) groups is 2. The van der Waals surface area contributed by atoms with Gasteiger partial charge in [0.25, 0.3) is 0 Å². The van der Waals surface area contributed by atoms with E-state index in [-0.39, 0.29) is 12.5 Å². The molecule has 0 atom stereocenters. The van der Waals surface area contributed by atoms with Crippen LogP contribution in [0, 0.1) is 6.92 Å². The molecule has 0 saturated carbocycles.